The van der Waals surface area contributed by atoms with Crippen molar-refractivity contribution in [1.29, 1.82) is 0 Å². The van der Waals surface area contributed by atoms with Gasteiger partial charge in [0.15, 0.2) is 0 Å². The maximum absolute atomic E-state index is 12.1. The van der Waals surface area contributed by atoms with Gasteiger partial charge < -0.3 is 10.6 Å². The minimum atomic E-state index is 0.185. The first-order valence-corrected chi connectivity index (χ1v) is 6.43. The van der Waals surface area contributed by atoms with Crippen molar-refractivity contribution in [3.05, 3.63) is 12.2 Å². The smallest absolute Gasteiger partial charge is 0.237 e. The van der Waals surface area contributed by atoms with E-state index in [1.54, 1.807) is 0 Å². The summed E-state index contributed by atoms with van der Waals surface area (Å²) in [5.41, 5.74) is 6.93. The Morgan fingerprint density at radius 3 is 2.82 bits per heavy atom. The lowest BCUT2D eigenvalue weighted by Gasteiger charge is -2.32. The summed E-state index contributed by atoms with van der Waals surface area (Å²) in [6.45, 7) is 11.5. The van der Waals surface area contributed by atoms with Crippen LogP contribution in [0.25, 0.3) is 0 Å². The van der Waals surface area contributed by atoms with Crippen LogP contribution in [0, 0.1) is 0 Å². The highest BCUT2D eigenvalue weighted by Crippen LogP contribution is 2.08. The van der Waals surface area contributed by atoms with Crippen LogP contribution in [0.3, 0.4) is 0 Å². The van der Waals surface area contributed by atoms with E-state index in [1.807, 2.05) is 18.7 Å². The minimum absolute atomic E-state index is 0.185. The maximum Gasteiger partial charge on any atom is 0.237 e. The number of carbonyl (C=O) groups is 1. The zero-order valence-electron chi connectivity index (χ0n) is 11.1. The fraction of sp³-hybridized carbons (Fsp3) is 0.769. The van der Waals surface area contributed by atoms with Gasteiger partial charge >= 0.3 is 0 Å². The van der Waals surface area contributed by atoms with Crippen LogP contribution < -0.4 is 5.73 Å². The first-order chi connectivity index (χ1) is 8.02. The Hall–Kier alpha value is -0.870. The van der Waals surface area contributed by atoms with Crippen molar-refractivity contribution < 1.29 is 4.79 Å². The van der Waals surface area contributed by atoms with Gasteiger partial charge in [-0.05, 0) is 33.2 Å². The van der Waals surface area contributed by atoms with Crippen LogP contribution in [0.4, 0.5) is 0 Å². The summed E-state index contributed by atoms with van der Waals surface area (Å²) in [4.78, 5) is 16.1. The van der Waals surface area contributed by atoms with Gasteiger partial charge in [0.05, 0.1) is 6.54 Å². The molecule has 1 aliphatic heterocycles. The number of hydrogen-bond donors (Lipinski definition) is 1. The summed E-state index contributed by atoms with van der Waals surface area (Å²) in [5, 5.41) is 0. The molecular formula is C13H25N3O. The SMILES string of the molecule is C=C(C)CN(CC)C(=O)CN1CCC[C@@H](N)C1. The van der Waals surface area contributed by atoms with Crippen LogP contribution in [0.5, 0.6) is 0 Å². The zero-order chi connectivity index (χ0) is 12.8. The van der Waals surface area contributed by atoms with Gasteiger partial charge in [0.25, 0.3) is 0 Å². The second kappa shape index (κ2) is 6.77. The predicted molar refractivity (Wildman–Crippen MR) is 70.7 cm³/mol. The van der Waals surface area contributed by atoms with Crippen LogP contribution in [0.15, 0.2) is 12.2 Å². The van der Waals surface area contributed by atoms with E-state index < -0.39 is 0 Å². The Morgan fingerprint density at radius 1 is 1.59 bits per heavy atom. The molecule has 4 nitrogen and oxygen atoms in total. The molecule has 2 N–H and O–H groups in total. The molecule has 0 unspecified atom stereocenters. The van der Waals surface area contributed by atoms with Gasteiger partial charge in [-0.3, -0.25) is 9.69 Å². The number of nitrogens with zero attached hydrogens (tertiary/aromatic N) is 2. The highest BCUT2D eigenvalue weighted by Gasteiger charge is 2.21. The molecule has 0 radical (unpaired) electrons. The number of amides is 1. The third-order valence-electron chi connectivity index (χ3n) is 3.10. The van der Waals surface area contributed by atoms with E-state index >= 15 is 0 Å². The fourth-order valence-electron chi connectivity index (χ4n) is 2.23. The van der Waals surface area contributed by atoms with Crippen molar-refractivity contribution >= 4 is 5.91 Å². The van der Waals surface area contributed by atoms with E-state index in [2.05, 4.69) is 11.5 Å². The molecular weight excluding hydrogens is 214 g/mol. The molecule has 1 atom stereocenters. The molecule has 1 fully saturated rings. The molecule has 1 heterocycles. The molecule has 1 amide bonds. The van der Waals surface area contributed by atoms with Crippen LogP contribution in [0.2, 0.25) is 0 Å². The van der Waals surface area contributed by atoms with Gasteiger partial charge in [0.1, 0.15) is 0 Å². The standard InChI is InChI=1S/C13H25N3O/c1-4-16(8-11(2)3)13(17)10-15-7-5-6-12(14)9-15/h12H,2,4-10,14H2,1,3H3/t12-/m1/s1. The van der Waals surface area contributed by atoms with Gasteiger partial charge in [0, 0.05) is 25.7 Å². The third kappa shape index (κ3) is 4.88. The highest BCUT2D eigenvalue weighted by atomic mass is 16.2. The predicted octanol–water partition coefficient (Wildman–Crippen LogP) is 0.834. The summed E-state index contributed by atoms with van der Waals surface area (Å²) in [6.07, 6.45) is 2.18. The first-order valence-electron chi connectivity index (χ1n) is 6.43. The van der Waals surface area contributed by atoms with Crippen molar-refractivity contribution in [2.75, 3.05) is 32.7 Å². The summed E-state index contributed by atoms with van der Waals surface area (Å²) in [7, 11) is 0. The van der Waals surface area contributed by atoms with Gasteiger partial charge in [-0.2, -0.15) is 0 Å². The Balaban J connectivity index is 2.43. The zero-order valence-corrected chi connectivity index (χ0v) is 11.1. The fourth-order valence-corrected chi connectivity index (χ4v) is 2.23. The second-order valence-corrected chi connectivity index (χ2v) is 5.00. The highest BCUT2D eigenvalue weighted by molar-refractivity contribution is 5.78. The summed E-state index contributed by atoms with van der Waals surface area (Å²) >= 11 is 0. The van der Waals surface area contributed by atoms with Crippen LogP contribution >= 0.6 is 0 Å². The number of likely N-dealkylation sites (tertiary alicyclic amines) is 1. The van der Waals surface area contributed by atoms with Gasteiger partial charge in [-0.25, -0.2) is 0 Å². The normalized spacial score (nSPS) is 21.2. The lowest BCUT2D eigenvalue weighted by Crippen LogP contribution is -2.48. The minimum Gasteiger partial charge on any atom is -0.338 e. The van der Waals surface area contributed by atoms with Crippen molar-refractivity contribution in [2.45, 2.75) is 32.7 Å². The molecule has 0 spiro atoms. The molecule has 0 bridgehead atoms. The number of rotatable bonds is 5. The van der Waals surface area contributed by atoms with Crippen molar-refractivity contribution in [1.82, 2.24) is 9.80 Å². The molecule has 4 heteroatoms. The Labute approximate surface area is 104 Å². The topological polar surface area (TPSA) is 49.6 Å². The van der Waals surface area contributed by atoms with E-state index in [0.29, 0.717) is 13.1 Å². The summed E-state index contributed by atoms with van der Waals surface area (Å²) in [5.74, 6) is 0.185. The average Bonchev–Trinajstić information content (AvgIpc) is 2.25. The van der Waals surface area contributed by atoms with Gasteiger partial charge in [-0.1, -0.05) is 12.2 Å². The molecule has 98 valence electrons. The summed E-state index contributed by atoms with van der Waals surface area (Å²) in [6, 6.07) is 0.229. The van der Waals surface area contributed by atoms with Crippen molar-refractivity contribution in [2.24, 2.45) is 5.73 Å². The second-order valence-electron chi connectivity index (χ2n) is 5.00. The number of carbonyl (C=O) groups excluding carboxylic acids is 1. The maximum atomic E-state index is 12.1. The molecule has 0 aromatic carbocycles. The quantitative estimate of drug-likeness (QED) is 0.723. The average molecular weight is 239 g/mol. The number of likely N-dealkylation sites (N-methyl/N-ethyl adjacent to an activating group) is 1. The van der Waals surface area contributed by atoms with E-state index in [9.17, 15) is 4.79 Å². The van der Waals surface area contributed by atoms with E-state index in [0.717, 1.165) is 38.0 Å². The number of hydrogen-bond acceptors (Lipinski definition) is 3. The largest absolute Gasteiger partial charge is 0.338 e. The first kappa shape index (κ1) is 14.2. The van der Waals surface area contributed by atoms with E-state index in [-0.39, 0.29) is 11.9 Å². The Bertz CT molecular complexity index is 278. The van der Waals surface area contributed by atoms with Crippen molar-refractivity contribution in [3.8, 4) is 0 Å². The molecule has 1 aliphatic rings. The molecule has 17 heavy (non-hydrogen) atoms. The van der Waals surface area contributed by atoms with E-state index in [4.69, 9.17) is 5.73 Å². The van der Waals surface area contributed by atoms with Crippen molar-refractivity contribution in [3.63, 3.8) is 0 Å². The molecule has 1 saturated heterocycles. The lowest BCUT2D eigenvalue weighted by molar-refractivity contribution is -0.132. The van der Waals surface area contributed by atoms with Gasteiger partial charge in [0.2, 0.25) is 5.91 Å². The molecule has 0 aromatic heterocycles. The monoisotopic (exact) mass is 239 g/mol. The van der Waals surface area contributed by atoms with Gasteiger partial charge in [-0.15, -0.1) is 0 Å². The van der Waals surface area contributed by atoms with Crippen LogP contribution in [-0.2, 0) is 4.79 Å². The number of piperidine rings is 1. The molecule has 0 aromatic rings. The summed E-state index contributed by atoms with van der Waals surface area (Å²) < 4.78 is 0. The Morgan fingerprint density at radius 2 is 2.29 bits per heavy atom. The third-order valence-corrected chi connectivity index (χ3v) is 3.10. The molecule has 1 rings (SSSR count). The Kier molecular flexibility index (Phi) is 5.65. The lowest BCUT2D eigenvalue weighted by atomic mass is 10.1. The molecule has 0 saturated carbocycles. The molecule has 0 aliphatic carbocycles. The van der Waals surface area contributed by atoms with E-state index in [1.165, 1.54) is 0 Å². The van der Waals surface area contributed by atoms with Crippen LogP contribution in [-0.4, -0.2) is 54.5 Å². The van der Waals surface area contributed by atoms with Crippen LogP contribution in [0.1, 0.15) is 26.7 Å². The number of nitrogens with two attached hydrogens (primary N) is 1.